The van der Waals surface area contributed by atoms with Crippen molar-refractivity contribution in [2.24, 2.45) is 0 Å². The van der Waals surface area contributed by atoms with Crippen LogP contribution in [0.1, 0.15) is 28.9 Å². The van der Waals surface area contributed by atoms with Gasteiger partial charge >= 0.3 is 0 Å². The van der Waals surface area contributed by atoms with Crippen molar-refractivity contribution < 1.29 is 9.59 Å². The van der Waals surface area contributed by atoms with E-state index in [4.69, 9.17) is 0 Å². The van der Waals surface area contributed by atoms with Crippen molar-refractivity contribution in [3.05, 3.63) is 28.0 Å². The molecule has 0 bridgehead atoms. The lowest BCUT2D eigenvalue weighted by atomic mass is 9.97. The van der Waals surface area contributed by atoms with Crippen molar-refractivity contribution in [3.63, 3.8) is 0 Å². The predicted molar refractivity (Wildman–Crippen MR) is 52.8 cm³/mol. The van der Waals surface area contributed by atoms with E-state index in [1.165, 1.54) is 0 Å². The van der Waals surface area contributed by atoms with Gasteiger partial charge in [-0.05, 0) is 28.9 Å². The first kappa shape index (κ1) is 9.33. The van der Waals surface area contributed by atoms with E-state index in [1.807, 2.05) is 0 Å². The molecule has 0 saturated carbocycles. The summed E-state index contributed by atoms with van der Waals surface area (Å²) in [6.45, 7) is 1.72. The van der Waals surface area contributed by atoms with Crippen LogP contribution in [0.25, 0.3) is 0 Å². The molecule has 1 aliphatic heterocycles. The van der Waals surface area contributed by atoms with Crippen molar-refractivity contribution in [2.75, 3.05) is 0 Å². The van der Waals surface area contributed by atoms with E-state index >= 15 is 0 Å². The third-order valence-corrected chi connectivity index (χ3v) is 2.60. The molecule has 1 aromatic heterocycles. The second-order valence-corrected chi connectivity index (χ2v) is 4.04. The zero-order valence-electron chi connectivity index (χ0n) is 7.37. The van der Waals surface area contributed by atoms with Gasteiger partial charge in [0, 0.05) is 10.7 Å². The zero-order chi connectivity index (χ0) is 10.3. The number of pyridine rings is 1. The van der Waals surface area contributed by atoms with E-state index < -0.39 is 0 Å². The van der Waals surface area contributed by atoms with Crippen LogP contribution < -0.4 is 5.32 Å². The van der Waals surface area contributed by atoms with Crippen LogP contribution in [0, 0.1) is 0 Å². The molecule has 1 aromatic rings. The van der Waals surface area contributed by atoms with E-state index in [0.717, 1.165) is 4.47 Å². The maximum atomic E-state index is 11.4. The molecular formula is C9H7BrN2O2. The standard InChI is InChI=1S/C9H7BrN2O2/c1-4-7-6(2-5(10)3-11-7)9(14)12-8(4)13/h2-4H,1H3,(H,12,13,14). The number of hydrogen-bond donors (Lipinski definition) is 1. The third kappa shape index (κ3) is 1.33. The average Bonchev–Trinajstić information content (AvgIpc) is 2.14. The van der Waals surface area contributed by atoms with E-state index in [9.17, 15) is 9.59 Å². The van der Waals surface area contributed by atoms with Gasteiger partial charge in [0.2, 0.25) is 5.91 Å². The molecule has 0 aliphatic carbocycles. The molecule has 1 N–H and O–H groups in total. The van der Waals surface area contributed by atoms with Gasteiger partial charge in [-0.15, -0.1) is 0 Å². The number of hydrogen-bond acceptors (Lipinski definition) is 3. The van der Waals surface area contributed by atoms with Crippen LogP contribution in [0.15, 0.2) is 16.7 Å². The lowest BCUT2D eigenvalue weighted by Crippen LogP contribution is -2.40. The van der Waals surface area contributed by atoms with Crippen molar-refractivity contribution in [3.8, 4) is 0 Å². The monoisotopic (exact) mass is 254 g/mol. The summed E-state index contributed by atoms with van der Waals surface area (Å²) in [6.07, 6.45) is 1.58. The molecule has 2 rings (SSSR count). The average molecular weight is 255 g/mol. The number of nitrogens with one attached hydrogen (secondary N) is 1. The van der Waals surface area contributed by atoms with Crippen LogP contribution in [0.5, 0.6) is 0 Å². The van der Waals surface area contributed by atoms with Gasteiger partial charge in [0.05, 0.1) is 17.2 Å². The van der Waals surface area contributed by atoms with E-state index in [1.54, 1.807) is 19.2 Å². The van der Waals surface area contributed by atoms with E-state index in [-0.39, 0.29) is 17.7 Å². The highest BCUT2D eigenvalue weighted by molar-refractivity contribution is 9.10. The third-order valence-electron chi connectivity index (χ3n) is 2.17. The molecule has 2 amide bonds. The molecule has 5 heteroatoms. The number of aromatic nitrogens is 1. The van der Waals surface area contributed by atoms with Crippen LogP contribution in [-0.4, -0.2) is 16.8 Å². The normalized spacial score (nSPS) is 20.3. The molecule has 72 valence electrons. The molecule has 14 heavy (non-hydrogen) atoms. The molecule has 0 aromatic carbocycles. The van der Waals surface area contributed by atoms with Crippen molar-refractivity contribution in [2.45, 2.75) is 12.8 Å². The molecule has 0 saturated heterocycles. The van der Waals surface area contributed by atoms with Crippen molar-refractivity contribution >= 4 is 27.7 Å². The van der Waals surface area contributed by atoms with Gasteiger partial charge in [0.25, 0.3) is 5.91 Å². The lowest BCUT2D eigenvalue weighted by molar-refractivity contribution is -0.121. The number of imide groups is 1. The SMILES string of the molecule is CC1C(=O)NC(=O)c2cc(Br)cnc21. The van der Waals surface area contributed by atoms with Crippen LogP contribution in [0.3, 0.4) is 0 Å². The summed E-state index contributed by atoms with van der Waals surface area (Å²) < 4.78 is 0.730. The Morgan fingerprint density at radius 1 is 1.50 bits per heavy atom. The van der Waals surface area contributed by atoms with Crippen LogP contribution >= 0.6 is 15.9 Å². The molecule has 1 atom stereocenters. The van der Waals surface area contributed by atoms with E-state index in [0.29, 0.717) is 11.3 Å². The number of nitrogens with zero attached hydrogens (tertiary/aromatic N) is 1. The summed E-state index contributed by atoms with van der Waals surface area (Å²) >= 11 is 3.23. The highest BCUT2D eigenvalue weighted by atomic mass is 79.9. The Labute approximate surface area is 88.8 Å². The Bertz CT molecular complexity index is 431. The number of carbonyl (C=O) groups excluding carboxylic acids is 2. The van der Waals surface area contributed by atoms with Gasteiger partial charge in [-0.2, -0.15) is 0 Å². The Morgan fingerprint density at radius 3 is 2.93 bits per heavy atom. The summed E-state index contributed by atoms with van der Waals surface area (Å²) in [7, 11) is 0. The van der Waals surface area contributed by atoms with E-state index in [2.05, 4.69) is 26.2 Å². The van der Waals surface area contributed by atoms with Gasteiger partial charge in [0.1, 0.15) is 0 Å². The molecule has 0 radical (unpaired) electrons. The quantitative estimate of drug-likeness (QED) is 0.709. The fourth-order valence-corrected chi connectivity index (χ4v) is 1.72. The van der Waals surface area contributed by atoms with Gasteiger partial charge in [-0.3, -0.25) is 19.9 Å². The molecule has 1 aliphatic rings. The minimum Gasteiger partial charge on any atom is -0.292 e. The highest BCUT2D eigenvalue weighted by Gasteiger charge is 2.30. The molecule has 0 spiro atoms. The van der Waals surface area contributed by atoms with Crippen LogP contribution in [-0.2, 0) is 4.79 Å². The largest absolute Gasteiger partial charge is 0.292 e. The lowest BCUT2D eigenvalue weighted by Gasteiger charge is -2.19. The number of halogens is 1. The number of amides is 2. The number of carbonyl (C=O) groups is 2. The maximum absolute atomic E-state index is 11.4. The zero-order valence-corrected chi connectivity index (χ0v) is 8.96. The minimum atomic E-state index is -0.378. The summed E-state index contributed by atoms with van der Waals surface area (Å²) in [6, 6.07) is 1.67. The first-order chi connectivity index (χ1) is 6.59. The fourth-order valence-electron chi connectivity index (χ4n) is 1.39. The van der Waals surface area contributed by atoms with Gasteiger partial charge < -0.3 is 0 Å². The van der Waals surface area contributed by atoms with Crippen molar-refractivity contribution in [1.82, 2.24) is 10.3 Å². The minimum absolute atomic E-state index is 0.294. The van der Waals surface area contributed by atoms with Crippen LogP contribution in [0.2, 0.25) is 0 Å². The molecule has 4 nitrogen and oxygen atoms in total. The Morgan fingerprint density at radius 2 is 2.21 bits per heavy atom. The first-order valence-electron chi connectivity index (χ1n) is 4.10. The fraction of sp³-hybridized carbons (Fsp3) is 0.222. The summed E-state index contributed by atoms with van der Waals surface area (Å²) in [5.74, 6) is -1.04. The Kier molecular flexibility index (Phi) is 2.11. The molecule has 1 unspecified atom stereocenters. The smallest absolute Gasteiger partial charge is 0.259 e. The molecular weight excluding hydrogens is 248 g/mol. The maximum Gasteiger partial charge on any atom is 0.259 e. The van der Waals surface area contributed by atoms with Crippen LogP contribution in [0.4, 0.5) is 0 Å². The second kappa shape index (κ2) is 3.16. The van der Waals surface area contributed by atoms with Gasteiger partial charge in [0.15, 0.2) is 0 Å². The first-order valence-corrected chi connectivity index (χ1v) is 4.89. The number of fused-ring (bicyclic) bond motifs is 1. The highest BCUT2D eigenvalue weighted by Crippen LogP contribution is 2.24. The summed E-state index contributed by atoms with van der Waals surface area (Å²) in [4.78, 5) is 26.7. The van der Waals surface area contributed by atoms with Gasteiger partial charge in [-0.1, -0.05) is 0 Å². The Balaban J connectivity index is 2.61. The predicted octanol–water partition coefficient (Wildman–Crippen LogP) is 1.22. The second-order valence-electron chi connectivity index (χ2n) is 3.13. The van der Waals surface area contributed by atoms with Gasteiger partial charge in [-0.25, -0.2) is 0 Å². The summed E-state index contributed by atoms with van der Waals surface area (Å²) in [5, 5.41) is 2.27. The van der Waals surface area contributed by atoms with Crippen molar-refractivity contribution in [1.29, 1.82) is 0 Å². The topological polar surface area (TPSA) is 59.1 Å². The number of rotatable bonds is 0. The molecule has 0 fully saturated rings. The molecule has 2 heterocycles. The Hall–Kier alpha value is -1.23. The summed E-state index contributed by atoms with van der Waals surface area (Å²) in [5.41, 5.74) is 1.01.